The minimum Gasteiger partial charge on any atom is -0.481 e. The van der Waals surface area contributed by atoms with E-state index in [1.165, 1.54) is 0 Å². The Hall–Kier alpha value is -3.58. The van der Waals surface area contributed by atoms with Gasteiger partial charge in [-0.2, -0.15) is 12.6 Å². The Kier molecular flexibility index (Phi) is 9.92. The number of fused-ring (bicyclic) bond motifs is 1. The highest BCUT2D eigenvalue weighted by Gasteiger charge is 2.32. The number of aliphatic carboxylic acids is 2. The van der Waals surface area contributed by atoms with E-state index in [0.717, 1.165) is 22.9 Å². The standard InChI is InChI=1S/C24H31N5O7S/c30-20(31)8-7-17(22(33)29-19(12-37)24(35)36)27-23(34)18(28-21(32)16-6-3-9-25-16)10-13-11-26-15-5-2-1-4-14(13)15/h1-2,4-5,11,16-19,25-26,37H,3,6-10,12H2,(H,27,34)(H,28,32)(H,29,33)(H,30,31)(H,35,36). The third kappa shape index (κ3) is 7.70. The van der Waals surface area contributed by atoms with Gasteiger partial charge in [0.1, 0.15) is 18.1 Å². The van der Waals surface area contributed by atoms with Crippen LogP contribution >= 0.6 is 12.6 Å². The molecule has 1 fully saturated rings. The minimum atomic E-state index is -1.34. The van der Waals surface area contributed by atoms with Crippen molar-refractivity contribution in [3.8, 4) is 0 Å². The highest BCUT2D eigenvalue weighted by atomic mass is 32.1. The fourth-order valence-corrected chi connectivity index (χ4v) is 4.42. The number of rotatable bonds is 13. The number of benzene rings is 1. The molecule has 200 valence electrons. The maximum Gasteiger partial charge on any atom is 0.327 e. The second-order valence-electron chi connectivity index (χ2n) is 8.85. The van der Waals surface area contributed by atoms with Crippen molar-refractivity contribution in [3.63, 3.8) is 0 Å². The minimum absolute atomic E-state index is 0.107. The summed E-state index contributed by atoms with van der Waals surface area (Å²) in [5.41, 5.74) is 1.62. The molecule has 2 heterocycles. The predicted molar refractivity (Wildman–Crippen MR) is 137 cm³/mol. The van der Waals surface area contributed by atoms with Crippen molar-refractivity contribution < 1.29 is 34.2 Å². The summed E-state index contributed by atoms with van der Waals surface area (Å²) in [5.74, 6) is -4.61. The van der Waals surface area contributed by atoms with E-state index in [0.29, 0.717) is 13.0 Å². The molecule has 4 atom stereocenters. The van der Waals surface area contributed by atoms with Gasteiger partial charge >= 0.3 is 11.9 Å². The monoisotopic (exact) mass is 533 g/mol. The van der Waals surface area contributed by atoms with Gasteiger partial charge in [0, 0.05) is 35.7 Å². The molecule has 1 aliphatic heterocycles. The first-order valence-corrected chi connectivity index (χ1v) is 12.6. The van der Waals surface area contributed by atoms with E-state index in [2.05, 4.69) is 38.9 Å². The van der Waals surface area contributed by atoms with Crippen LogP contribution < -0.4 is 21.3 Å². The maximum absolute atomic E-state index is 13.4. The van der Waals surface area contributed by atoms with E-state index >= 15 is 0 Å². The highest BCUT2D eigenvalue weighted by molar-refractivity contribution is 7.80. The van der Waals surface area contributed by atoms with Gasteiger partial charge in [-0.1, -0.05) is 18.2 Å². The lowest BCUT2D eigenvalue weighted by molar-refractivity contribution is -0.142. The van der Waals surface area contributed by atoms with Crippen molar-refractivity contribution in [2.75, 3.05) is 12.3 Å². The topological polar surface area (TPSA) is 190 Å². The average molecular weight is 534 g/mol. The number of carbonyl (C=O) groups is 5. The molecule has 2 aromatic rings. The third-order valence-electron chi connectivity index (χ3n) is 6.19. The van der Waals surface area contributed by atoms with Crippen molar-refractivity contribution in [1.29, 1.82) is 0 Å². The number of aromatic amines is 1. The van der Waals surface area contributed by atoms with E-state index < -0.39 is 54.3 Å². The number of hydrogen-bond donors (Lipinski definition) is 8. The molecule has 7 N–H and O–H groups in total. The number of H-pyrrole nitrogens is 1. The van der Waals surface area contributed by atoms with Gasteiger partial charge in [0.15, 0.2) is 0 Å². The fraction of sp³-hybridized carbons (Fsp3) is 0.458. The van der Waals surface area contributed by atoms with Gasteiger partial charge < -0.3 is 36.5 Å². The molecule has 37 heavy (non-hydrogen) atoms. The molecular weight excluding hydrogens is 502 g/mol. The van der Waals surface area contributed by atoms with Crippen molar-refractivity contribution in [2.24, 2.45) is 0 Å². The van der Waals surface area contributed by atoms with E-state index in [9.17, 15) is 29.1 Å². The van der Waals surface area contributed by atoms with Gasteiger partial charge in [0.2, 0.25) is 17.7 Å². The van der Waals surface area contributed by atoms with E-state index in [1.54, 1.807) is 6.20 Å². The molecular formula is C24H31N5O7S. The summed E-state index contributed by atoms with van der Waals surface area (Å²) < 4.78 is 0. The van der Waals surface area contributed by atoms with Gasteiger partial charge in [-0.05, 0) is 37.4 Å². The van der Waals surface area contributed by atoms with Crippen molar-refractivity contribution in [2.45, 2.75) is 56.3 Å². The normalized spacial score (nSPS) is 17.5. The van der Waals surface area contributed by atoms with Crippen molar-refractivity contribution in [1.82, 2.24) is 26.3 Å². The Morgan fingerprint density at radius 3 is 2.35 bits per heavy atom. The van der Waals surface area contributed by atoms with Gasteiger partial charge in [-0.15, -0.1) is 0 Å². The molecule has 0 aliphatic carbocycles. The summed E-state index contributed by atoms with van der Waals surface area (Å²) in [6.07, 6.45) is 2.58. The van der Waals surface area contributed by atoms with Crippen LogP contribution in [0.3, 0.4) is 0 Å². The molecule has 1 aromatic heterocycles. The molecule has 3 rings (SSSR count). The Balaban J connectivity index is 1.81. The second-order valence-corrected chi connectivity index (χ2v) is 9.21. The molecule has 1 saturated heterocycles. The van der Waals surface area contributed by atoms with Crippen LogP contribution in [0, 0.1) is 0 Å². The molecule has 12 nitrogen and oxygen atoms in total. The number of nitrogens with one attached hydrogen (secondary N) is 5. The smallest absolute Gasteiger partial charge is 0.327 e. The lowest BCUT2D eigenvalue weighted by atomic mass is 10.0. The molecule has 13 heteroatoms. The summed E-state index contributed by atoms with van der Waals surface area (Å²) in [6.45, 7) is 0.685. The first-order chi connectivity index (χ1) is 17.7. The molecule has 0 spiro atoms. The van der Waals surface area contributed by atoms with Crippen molar-refractivity contribution >= 4 is 53.2 Å². The molecule has 0 radical (unpaired) electrons. The van der Waals surface area contributed by atoms with Gasteiger partial charge in [-0.3, -0.25) is 19.2 Å². The molecule has 3 amide bonds. The quantitative estimate of drug-likeness (QED) is 0.162. The zero-order valence-electron chi connectivity index (χ0n) is 20.0. The average Bonchev–Trinajstić information content (AvgIpc) is 3.55. The molecule has 4 unspecified atom stereocenters. The number of para-hydroxylation sites is 1. The van der Waals surface area contributed by atoms with Crippen LogP contribution in [0.5, 0.6) is 0 Å². The van der Waals surface area contributed by atoms with Crippen LogP contribution in [0.25, 0.3) is 10.9 Å². The number of thiol groups is 1. The summed E-state index contributed by atoms with van der Waals surface area (Å²) >= 11 is 3.91. The van der Waals surface area contributed by atoms with Gasteiger partial charge in [-0.25, -0.2) is 4.79 Å². The number of amides is 3. The second kappa shape index (κ2) is 13.1. The Morgan fingerprint density at radius 2 is 1.70 bits per heavy atom. The molecule has 0 bridgehead atoms. The third-order valence-corrected chi connectivity index (χ3v) is 6.55. The first kappa shape index (κ1) is 28.0. The van der Waals surface area contributed by atoms with Crippen LogP contribution in [0.2, 0.25) is 0 Å². The number of carboxylic acids is 2. The Morgan fingerprint density at radius 1 is 1.00 bits per heavy atom. The molecule has 1 aliphatic rings. The Labute approximate surface area is 218 Å². The van der Waals surface area contributed by atoms with Gasteiger partial charge in [0.05, 0.1) is 6.04 Å². The van der Waals surface area contributed by atoms with Crippen LogP contribution in [-0.4, -0.2) is 81.3 Å². The summed E-state index contributed by atoms with van der Waals surface area (Å²) in [5, 5.41) is 29.8. The van der Waals surface area contributed by atoms with Crippen LogP contribution in [-0.2, 0) is 30.4 Å². The number of carboxylic acid groups (broad SMARTS) is 2. The van der Waals surface area contributed by atoms with E-state index in [4.69, 9.17) is 5.11 Å². The zero-order valence-corrected chi connectivity index (χ0v) is 20.9. The summed E-state index contributed by atoms with van der Waals surface area (Å²) in [4.78, 5) is 64.6. The van der Waals surface area contributed by atoms with E-state index in [-0.39, 0.29) is 24.5 Å². The highest BCUT2D eigenvalue weighted by Crippen LogP contribution is 2.19. The number of carbonyl (C=O) groups excluding carboxylic acids is 3. The summed E-state index contributed by atoms with van der Waals surface area (Å²) in [7, 11) is 0. The fourth-order valence-electron chi connectivity index (χ4n) is 4.18. The number of hydrogen-bond acceptors (Lipinski definition) is 7. The lowest BCUT2D eigenvalue weighted by Crippen LogP contribution is -2.57. The van der Waals surface area contributed by atoms with Crippen molar-refractivity contribution in [3.05, 3.63) is 36.0 Å². The van der Waals surface area contributed by atoms with E-state index in [1.807, 2.05) is 24.3 Å². The van der Waals surface area contributed by atoms with Gasteiger partial charge in [0.25, 0.3) is 0 Å². The molecule has 0 saturated carbocycles. The maximum atomic E-state index is 13.4. The number of aromatic nitrogens is 1. The van der Waals surface area contributed by atoms with Crippen LogP contribution in [0.15, 0.2) is 30.5 Å². The van der Waals surface area contributed by atoms with Crippen LogP contribution in [0.1, 0.15) is 31.2 Å². The predicted octanol–water partition coefficient (Wildman–Crippen LogP) is -0.204. The lowest BCUT2D eigenvalue weighted by Gasteiger charge is -2.25. The zero-order chi connectivity index (χ0) is 26.9. The summed E-state index contributed by atoms with van der Waals surface area (Å²) in [6, 6.07) is 3.28. The molecule has 1 aromatic carbocycles. The Bertz CT molecular complexity index is 1150. The largest absolute Gasteiger partial charge is 0.481 e. The van der Waals surface area contributed by atoms with Crippen LogP contribution in [0.4, 0.5) is 0 Å². The first-order valence-electron chi connectivity index (χ1n) is 11.9. The SMILES string of the molecule is O=C(O)CCC(NC(=O)C(Cc1c[nH]c2ccccc12)NC(=O)C1CCCN1)C(=O)NC(CS)C(=O)O.